The number of ether oxygens (including phenoxy) is 1. The minimum atomic E-state index is -0.776. The first-order valence-corrected chi connectivity index (χ1v) is 10.5. The quantitative estimate of drug-likeness (QED) is 0.683. The summed E-state index contributed by atoms with van der Waals surface area (Å²) in [5.74, 6) is -1.54. The molecule has 6 heteroatoms. The zero-order valence-corrected chi connectivity index (χ0v) is 18.6. The number of rotatable bonds is 7. The fourth-order valence-corrected chi connectivity index (χ4v) is 3.85. The maximum absolute atomic E-state index is 13.1. The molecule has 0 radical (unpaired) electrons. The second-order valence-electron chi connectivity index (χ2n) is 8.21. The summed E-state index contributed by atoms with van der Waals surface area (Å²) in [6.45, 7) is 9.80. The van der Waals surface area contributed by atoms with Crippen molar-refractivity contribution in [2.24, 2.45) is 5.92 Å². The van der Waals surface area contributed by atoms with Crippen molar-refractivity contribution >= 4 is 11.7 Å². The summed E-state index contributed by atoms with van der Waals surface area (Å²) < 4.78 is 5.51. The molecular formula is C25H29NO5. The number of aryl methyl sites for hydroxylation is 2. The summed E-state index contributed by atoms with van der Waals surface area (Å²) in [5, 5.41) is 20.8. The van der Waals surface area contributed by atoms with Crippen LogP contribution in [0.2, 0.25) is 0 Å². The van der Waals surface area contributed by atoms with Crippen molar-refractivity contribution in [2.75, 3.05) is 6.61 Å². The summed E-state index contributed by atoms with van der Waals surface area (Å²) in [4.78, 5) is 27.6. The molecule has 1 heterocycles. The van der Waals surface area contributed by atoms with Gasteiger partial charge in [-0.1, -0.05) is 43.7 Å². The molecule has 0 aromatic heterocycles. The molecule has 2 aromatic rings. The molecule has 6 nitrogen and oxygen atoms in total. The van der Waals surface area contributed by atoms with Gasteiger partial charge in [-0.15, -0.1) is 0 Å². The van der Waals surface area contributed by atoms with Gasteiger partial charge >= 0.3 is 0 Å². The van der Waals surface area contributed by atoms with E-state index in [-0.39, 0.29) is 29.4 Å². The minimum absolute atomic E-state index is 0.0269. The van der Waals surface area contributed by atoms with Gasteiger partial charge in [0.1, 0.15) is 0 Å². The number of carbonyl (C=O) groups is 2. The number of aliphatic hydroxyl groups is 1. The van der Waals surface area contributed by atoms with E-state index in [1.54, 1.807) is 32.9 Å². The van der Waals surface area contributed by atoms with Gasteiger partial charge < -0.3 is 19.8 Å². The summed E-state index contributed by atoms with van der Waals surface area (Å²) in [6, 6.07) is 9.97. The molecule has 1 aliphatic heterocycles. The van der Waals surface area contributed by atoms with Gasteiger partial charge in [0.25, 0.3) is 5.91 Å². The zero-order chi connectivity index (χ0) is 22.9. The van der Waals surface area contributed by atoms with Gasteiger partial charge in [0.2, 0.25) is 0 Å². The van der Waals surface area contributed by atoms with E-state index in [0.29, 0.717) is 12.2 Å². The maximum Gasteiger partial charge on any atom is 0.290 e. The number of hydrogen-bond donors (Lipinski definition) is 2. The van der Waals surface area contributed by atoms with Crippen molar-refractivity contribution in [3.63, 3.8) is 0 Å². The van der Waals surface area contributed by atoms with Gasteiger partial charge in [-0.25, -0.2) is 0 Å². The van der Waals surface area contributed by atoms with Crippen LogP contribution in [0.1, 0.15) is 49.1 Å². The van der Waals surface area contributed by atoms with Gasteiger partial charge in [0.05, 0.1) is 18.2 Å². The smallest absolute Gasteiger partial charge is 0.290 e. The molecule has 0 saturated carbocycles. The average molecular weight is 424 g/mol. The third-order valence-electron chi connectivity index (χ3n) is 5.54. The van der Waals surface area contributed by atoms with Crippen LogP contribution in [-0.2, 0) is 16.1 Å². The lowest BCUT2D eigenvalue weighted by Crippen LogP contribution is -2.31. The van der Waals surface area contributed by atoms with Crippen molar-refractivity contribution in [3.8, 4) is 11.5 Å². The largest absolute Gasteiger partial charge is 0.504 e. The predicted molar refractivity (Wildman–Crippen MR) is 118 cm³/mol. The number of ketones is 1. The standard InChI is InChI=1S/C25H29NO5/c1-6-31-20-12-17(9-10-19(20)27)22-21(23(28)14(2)3)24(29)25(30)26(22)13-18-11-15(4)7-8-16(18)5/h7-12,14,22,27,29H,6,13H2,1-5H3. The number of aromatic hydroxyl groups is 1. The first-order valence-electron chi connectivity index (χ1n) is 10.5. The molecular weight excluding hydrogens is 394 g/mol. The van der Waals surface area contributed by atoms with E-state index < -0.39 is 23.6 Å². The molecule has 1 aliphatic rings. The average Bonchev–Trinajstić information content (AvgIpc) is 2.96. The van der Waals surface area contributed by atoms with Crippen LogP contribution >= 0.6 is 0 Å². The molecule has 1 amide bonds. The van der Waals surface area contributed by atoms with E-state index in [0.717, 1.165) is 16.7 Å². The highest BCUT2D eigenvalue weighted by atomic mass is 16.5. The Labute approximate surface area is 182 Å². The van der Waals surface area contributed by atoms with Crippen LogP contribution in [0.25, 0.3) is 0 Å². The second-order valence-corrected chi connectivity index (χ2v) is 8.21. The lowest BCUT2D eigenvalue weighted by Gasteiger charge is -2.28. The Bertz CT molecular complexity index is 1050. The van der Waals surface area contributed by atoms with Crippen LogP contribution in [-0.4, -0.2) is 33.4 Å². The van der Waals surface area contributed by atoms with Gasteiger partial charge in [-0.3, -0.25) is 9.59 Å². The highest BCUT2D eigenvalue weighted by molar-refractivity contribution is 6.09. The first-order chi connectivity index (χ1) is 14.6. The Kier molecular flexibility index (Phi) is 6.39. The number of aliphatic hydroxyl groups excluding tert-OH is 1. The highest BCUT2D eigenvalue weighted by Crippen LogP contribution is 2.42. The van der Waals surface area contributed by atoms with Crippen LogP contribution in [0.3, 0.4) is 0 Å². The molecule has 0 bridgehead atoms. The topological polar surface area (TPSA) is 87.1 Å². The van der Waals surface area contributed by atoms with Crippen LogP contribution < -0.4 is 4.74 Å². The summed E-state index contributed by atoms with van der Waals surface area (Å²) in [6.07, 6.45) is 0. The summed E-state index contributed by atoms with van der Waals surface area (Å²) >= 11 is 0. The van der Waals surface area contributed by atoms with Gasteiger partial charge in [-0.2, -0.15) is 0 Å². The predicted octanol–water partition coefficient (Wildman–Crippen LogP) is 4.53. The Morgan fingerprint density at radius 3 is 2.48 bits per heavy atom. The van der Waals surface area contributed by atoms with Crippen molar-refractivity contribution < 1.29 is 24.5 Å². The lowest BCUT2D eigenvalue weighted by atomic mass is 9.91. The van der Waals surface area contributed by atoms with E-state index in [1.807, 2.05) is 32.0 Å². The molecule has 0 spiro atoms. The molecule has 1 atom stereocenters. The van der Waals surface area contributed by atoms with Crippen LogP contribution in [0, 0.1) is 19.8 Å². The second kappa shape index (κ2) is 8.84. The van der Waals surface area contributed by atoms with E-state index >= 15 is 0 Å². The Balaban J connectivity index is 2.14. The van der Waals surface area contributed by atoms with E-state index in [4.69, 9.17) is 4.74 Å². The Morgan fingerprint density at radius 1 is 1.13 bits per heavy atom. The number of amides is 1. The van der Waals surface area contributed by atoms with Crippen molar-refractivity contribution in [3.05, 3.63) is 70.0 Å². The summed E-state index contributed by atoms with van der Waals surface area (Å²) in [7, 11) is 0. The van der Waals surface area contributed by atoms with Crippen molar-refractivity contribution in [1.29, 1.82) is 0 Å². The lowest BCUT2D eigenvalue weighted by molar-refractivity contribution is -0.130. The number of benzene rings is 2. The van der Waals surface area contributed by atoms with Crippen LogP contribution in [0.4, 0.5) is 0 Å². The van der Waals surface area contributed by atoms with E-state index in [9.17, 15) is 19.8 Å². The van der Waals surface area contributed by atoms with E-state index in [2.05, 4.69) is 0 Å². The number of nitrogens with zero attached hydrogens (tertiary/aromatic N) is 1. The fraction of sp³-hybridized carbons (Fsp3) is 0.360. The Morgan fingerprint density at radius 2 is 1.84 bits per heavy atom. The van der Waals surface area contributed by atoms with Crippen molar-refractivity contribution in [2.45, 2.75) is 47.2 Å². The molecule has 0 aliphatic carbocycles. The molecule has 2 aromatic carbocycles. The molecule has 164 valence electrons. The monoisotopic (exact) mass is 423 g/mol. The number of phenols is 1. The molecule has 0 saturated heterocycles. The third-order valence-corrected chi connectivity index (χ3v) is 5.54. The highest BCUT2D eigenvalue weighted by Gasteiger charge is 2.44. The van der Waals surface area contributed by atoms with Crippen molar-refractivity contribution in [1.82, 2.24) is 4.90 Å². The molecule has 2 N–H and O–H groups in total. The SMILES string of the molecule is CCOc1cc(C2C(C(=O)C(C)C)=C(O)C(=O)N2Cc2cc(C)ccc2C)ccc1O. The number of Topliss-reactive ketones (excluding diaryl/α,β-unsaturated/α-hetero) is 1. The zero-order valence-electron chi connectivity index (χ0n) is 18.6. The minimum Gasteiger partial charge on any atom is -0.504 e. The van der Waals surface area contributed by atoms with Crippen LogP contribution in [0.5, 0.6) is 11.5 Å². The molecule has 0 fully saturated rings. The summed E-state index contributed by atoms with van der Waals surface area (Å²) in [5.41, 5.74) is 3.68. The molecule has 3 rings (SSSR count). The Hall–Kier alpha value is -3.28. The molecule has 31 heavy (non-hydrogen) atoms. The van der Waals surface area contributed by atoms with Crippen LogP contribution in [0.15, 0.2) is 47.7 Å². The fourth-order valence-electron chi connectivity index (χ4n) is 3.85. The normalized spacial score (nSPS) is 16.4. The number of phenolic OH excluding ortho intramolecular Hbond substituents is 1. The number of hydrogen-bond acceptors (Lipinski definition) is 5. The van der Waals surface area contributed by atoms with Gasteiger partial charge in [-0.05, 0) is 49.6 Å². The first kappa shape index (κ1) is 22.4. The van der Waals surface area contributed by atoms with Gasteiger partial charge in [0, 0.05) is 12.5 Å². The van der Waals surface area contributed by atoms with E-state index in [1.165, 1.54) is 11.0 Å². The maximum atomic E-state index is 13.1. The number of carbonyl (C=O) groups excluding carboxylic acids is 2. The van der Waals surface area contributed by atoms with Gasteiger partial charge in [0.15, 0.2) is 23.0 Å². The third kappa shape index (κ3) is 4.29. The molecule has 1 unspecified atom stereocenters.